The Labute approximate surface area is 92.8 Å². The summed E-state index contributed by atoms with van der Waals surface area (Å²) in [6.45, 7) is 1.70. The molecule has 1 unspecified atom stereocenters. The summed E-state index contributed by atoms with van der Waals surface area (Å²) in [4.78, 5) is 1.64. The van der Waals surface area contributed by atoms with E-state index in [1.807, 2.05) is 0 Å². The number of hydrogen-bond donors (Lipinski definition) is 1. The molecule has 0 spiro atoms. The molecule has 1 aromatic rings. The van der Waals surface area contributed by atoms with Crippen LogP contribution in [-0.2, 0) is 4.74 Å². The number of ether oxygens (including phenoxy) is 1. The third-order valence-corrected chi connectivity index (χ3v) is 2.66. The third-order valence-electron chi connectivity index (χ3n) is 2.66. The Morgan fingerprint density at radius 1 is 1.38 bits per heavy atom. The maximum absolute atomic E-state index is 13.5. The summed E-state index contributed by atoms with van der Waals surface area (Å²) in [5.74, 6) is -1.09. The molecule has 0 amide bonds. The Kier molecular flexibility index (Phi) is 3.36. The van der Waals surface area contributed by atoms with Gasteiger partial charge >= 0.3 is 0 Å². The van der Waals surface area contributed by atoms with Gasteiger partial charge in [0.25, 0.3) is 0 Å². The van der Waals surface area contributed by atoms with Gasteiger partial charge in [-0.25, -0.2) is 8.78 Å². The van der Waals surface area contributed by atoms with Crippen LogP contribution >= 0.6 is 0 Å². The second-order valence-corrected chi connectivity index (χ2v) is 3.74. The molecule has 0 saturated carbocycles. The zero-order valence-corrected chi connectivity index (χ0v) is 8.83. The molecular weight excluding hydrogens is 214 g/mol. The van der Waals surface area contributed by atoms with Crippen LogP contribution in [0.5, 0.6) is 0 Å². The second-order valence-electron chi connectivity index (χ2n) is 3.74. The van der Waals surface area contributed by atoms with Crippen LogP contribution in [0.1, 0.15) is 0 Å². The summed E-state index contributed by atoms with van der Waals surface area (Å²) >= 11 is 0. The van der Waals surface area contributed by atoms with Gasteiger partial charge in [-0.15, -0.1) is 0 Å². The van der Waals surface area contributed by atoms with Crippen LogP contribution in [0.4, 0.5) is 14.5 Å². The minimum Gasteiger partial charge on any atom is -0.373 e. The molecule has 1 saturated heterocycles. The van der Waals surface area contributed by atoms with Crippen LogP contribution in [0.2, 0.25) is 0 Å². The van der Waals surface area contributed by atoms with E-state index in [2.05, 4.69) is 0 Å². The number of hydrogen-bond acceptors (Lipinski definition) is 3. The molecule has 0 bridgehead atoms. The minimum absolute atomic E-state index is 0.0178. The van der Waals surface area contributed by atoms with Crippen molar-refractivity contribution in [2.75, 3.05) is 31.1 Å². The highest BCUT2D eigenvalue weighted by atomic mass is 19.1. The number of nitrogens with zero attached hydrogens (tertiary/aromatic N) is 1. The van der Waals surface area contributed by atoms with Gasteiger partial charge < -0.3 is 15.4 Å². The maximum Gasteiger partial charge on any atom is 0.149 e. The van der Waals surface area contributed by atoms with Crippen molar-refractivity contribution in [1.29, 1.82) is 0 Å². The van der Waals surface area contributed by atoms with Gasteiger partial charge in [-0.05, 0) is 12.1 Å². The van der Waals surface area contributed by atoms with Crippen LogP contribution in [0.25, 0.3) is 0 Å². The average Bonchev–Trinajstić information content (AvgIpc) is 2.29. The van der Waals surface area contributed by atoms with E-state index in [-0.39, 0.29) is 11.8 Å². The first-order valence-corrected chi connectivity index (χ1v) is 5.23. The fourth-order valence-electron chi connectivity index (χ4n) is 1.86. The fraction of sp³-hybridized carbons (Fsp3) is 0.455. The van der Waals surface area contributed by atoms with Crippen LogP contribution < -0.4 is 10.6 Å². The fourth-order valence-corrected chi connectivity index (χ4v) is 1.86. The quantitative estimate of drug-likeness (QED) is 0.824. The molecular formula is C11H14F2N2O. The number of benzene rings is 1. The van der Waals surface area contributed by atoms with E-state index in [4.69, 9.17) is 10.5 Å². The van der Waals surface area contributed by atoms with Gasteiger partial charge in [0.1, 0.15) is 17.3 Å². The lowest BCUT2D eigenvalue weighted by molar-refractivity contribution is 0.0461. The van der Waals surface area contributed by atoms with E-state index in [0.717, 1.165) is 0 Å². The highest BCUT2D eigenvalue weighted by Gasteiger charge is 2.23. The number of morpholine rings is 1. The molecule has 1 fully saturated rings. The molecule has 1 heterocycles. The number of anilines is 1. The normalized spacial score (nSPS) is 21.2. The van der Waals surface area contributed by atoms with Crippen LogP contribution in [-0.4, -0.2) is 32.3 Å². The highest BCUT2D eigenvalue weighted by molar-refractivity contribution is 5.49. The smallest absolute Gasteiger partial charge is 0.149 e. The van der Waals surface area contributed by atoms with Gasteiger partial charge in [0.2, 0.25) is 0 Å². The van der Waals surface area contributed by atoms with Crippen molar-refractivity contribution in [3.05, 3.63) is 29.8 Å². The molecule has 0 aromatic heterocycles. The Morgan fingerprint density at radius 2 is 2.06 bits per heavy atom. The second kappa shape index (κ2) is 4.76. The van der Waals surface area contributed by atoms with E-state index < -0.39 is 11.6 Å². The Morgan fingerprint density at radius 3 is 2.69 bits per heavy atom. The number of para-hydroxylation sites is 1. The Hall–Kier alpha value is -1.20. The molecule has 2 rings (SSSR count). The molecule has 1 aromatic carbocycles. The molecule has 16 heavy (non-hydrogen) atoms. The first-order chi connectivity index (χ1) is 7.72. The predicted molar refractivity (Wildman–Crippen MR) is 57.4 cm³/mol. The summed E-state index contributed by atoms with van der Waals surface area (Å²) in [5.41, 5.74) is 5.50. The predicted octanol–water partition coefficient (Wildman–Crippen LogP) is 1.13. The Balaban J connectivity index is 2.23. The first-order valence-electron chi connectivity index (χ1n) is 5.23. The molecule has 1 atom stereocenters. The maximum atomic E-state index is 13.5. The number of nitrogens with two attached hydrogens (primary N) is 1. The monoisotopic (exact) mass is 228 g/mol. The van der Waals surface area contributed by atoms with Gasteiger partial charge in [-0.1, -0.05) is 6.07 Å². The summed E-state index contributed by atoms with van der Waals surface area (Å²) < 4.78 is 32.4. The minimum atomic E-state index is -0.544. The van der Waals surface area contributed by atoms with Crippen molar-refractivity contribution >= 4 is 5.69 Å². The molecule has 0 aliphatic carbocycles. The van der Waals surface area contributed by atoms with Gasteiger partial charge in [-0.3, -0.25) is 0 Å². The van der Waals surface area contributed by atoms with Crippen molar-refractivity contribution in [2.24, 2.45) is 5.73 Å². The zero-order chi connectivity index (χ0) is 11.5. The van der Waals surface area contributed by atoms with E-state index in [9.17, 15) is 8.78 Å². The molecule has 2 N–H and O–H groups in total. The SMILES string of the molecule is NCC1CN(c2c(F)cccc2F)CCO1. The molecule has 1 aliphatic rings. The lowest BCUT2D eigenvalue weighted by Gasteiger charge is -2.34. The lowest BCUT2D eigenvalue weighted by Crippen LogP contribution is -2.46. The van der Waals surface area contributed by atoms with Crippen LogP contribution in [0.15, 0.2) is 18.2 Å². The van der Waals surface area contributed by atoms with Crippen molar-refractivity contribution in [2.45, 2.75) is 6.10 Å². The van der Waals surface area contributed by atoms with E-state index in [1.54, 1.807) is 4.90 Å². The summed E-state index contributed by atoms with van der Waals surface area (Å²) in [7, 11) is 0. The standard InChI is InChI=1S/C11H14F2N2O/c12-9-2-1-3-10(13)11(9)15-4-5-16-8(6-14)7-15/h1-3,8H,4-7,14H2. The topological polar surface area (TPSA) is 38.5 Å². The van der Waals surface area contributed by atoms with E-state index in [1.165, 1.54) is 18.2 Å². The molecule has 88 valence electrons. The van der Waals surface area contributed by atoms with Crippen molar-refractivity contribution < 1.29 is 13.5 Å². The number of halogens is 2. The molecule has 1 aliphatic heterocycles. The van der Waals surface area contributed by atoms with Crippen molar-refractivity contribution in [3.63, 3.8) is 0 Å². The van der Waals surface area contributed by atoms with Crippen LogP contribution in [0.3, 0.4) is 0 Å². The van der Waals surface area contributed by atoms with Gasteiger partial charge in [0.15, 0.2) is 0 Å². The lowest BCUT2D eigenvalue weighted by atomic mass is 10.2. The summed E-state index contributed by atoms with van der Waals surface area (Å²) in [5, 5.41) is 0. The van der Waals surface area contributed by atoms with Gasteiger partial charge in [0, 0.05) is 19.6 Å². The highest BCUT2D eigenvalue weighted by Crippen LogP contribution is 2.24. The zero-order valence-electron chi connectivity index (χ0n) is 8.83. The average molecular weight is 228 g/mol. The summed E-state index contributed by atoms with van der Waals surface area (Å²) in [6, 6.07) is 3.87. The molecule has 5 heteroatoms. The molecule has 0 radical (unpaired) electrons. The van der Waals surface area contributed by atoms with E-state index >= 15 is 0 Å². The number of rotatable bonds is 2. The first kappa shape index (κ1) is 11.3. The van der Waals surface area contributed by atoms with Crippen molar-refractivity contribution in [1.82, 2.24) is 0 Å². The van der Waals surface area contributed by atoms with Gasteiger partial charge in [-0.2, -0.15) is 0 Å². The van der Waals surface area contributed by atoms with E-state index in [0.29, 0.717) is 26.2 Å². The molecule has 3 nitrogen and oxygen atoms in total. The van der Waals surface area contributed by atoms with Crippen molar-refractivity contribution in [3.8, 4) is 0 Å². The summed E-state index contributed by atoms with van der Waals surface area (Å²) in [6.07, 6.45) is -0.159. The Bertz CT molecular complexity index is 353. The largest absolute Gasteiger partial charge is 0.373 e. The van der Waals surface area contributed by atoms with Gasteiger partial charge in [0.05, 0.1) is 12.7 Å². The third kappa shape index (κ3) is 2.15. The van der Waals surface area contributed by atoms with Crippen LogP contribution in [0, 0.1) is 11.6 Å².